The second kappa shape index (κ2) is 6.32. The molecule has 0 fully saturated rings. The molecule has 0 saturated carbocycles. The van der Waals surface area contributed by atoms with Crippen molar-refractivity contribution in [3.8, 4) is 11.6 Å². The lowest BCUT2D eigenvalue weighted by molar-refractivity contribution is 0.455. The summed E-state index contributed by atoms with van der Waals surface area (Å²) in [5.74, 6) is 2.12. The normalized spacial score (nSPS) is 10.4. The zero-order valence-corrected chi connectivity index (χ0v) is 11.9. The van der Waals surface area contributed by atoms with Crippen LogP contribution in [-0.2, 0) is 0 Å². The number of aryl methyl sites for hydroxylation is 2. The summed E-state index contributed by atoms with van der Waals surface area (Å²) >= 11 is 0. The van der Waals surface area contributed by atoms with E-state index >= 15 is 0 Å². The van der Waals surface area contributed by atoms with E-state index in [0.29, 0.717) is 17.5 Å². The number of hydrogen-bond donors (Lipinski definition) is 1. The van der Waals surface area contributed by atoms with Gasteiger partial charge in [0.15, 0.2) is 0 Å². The molecule has 1 heterocycles. The highest BCUT2D eigenvalue weighted by molar-refractivity contribution is 5.41. The third-order valence-electron chi connectivity index (χ3n) is 2.72. The van der Waals surface area contributed by atoms with Crippen molar-refractivity contribution in [2.75, 3.05) is 11.9 Å². The van der Waals surface area contributed by atoms with Crippen molar-refractivity contribution < 1.29 is 9.13 Å². The number of ether oxygens (including phenoxy) is 1. The number of aromatic nitrogens is 2. The lowest BCUT2D eigenvalue weighted by Gasteiger charge is -2.10. The summed E-state index contributed by atoms with van der Waals surface area (Å²) in [5.41, 5.74) is 0.726. The van der Waals surface area contributed by atoms with Crippen LogP contribution in [-0.4, -0.2) is 16.5 Å². The van der Waals surface area contributed by atoms with Gasteiger partial charge in [-0.05, 0) is 44.0 Å². The van der Waals surface area contributed by atoms with E-state index in [0.717, 1.165) is 24.3 Å². The predicted octanol–water partition coefficient (Wildman–Crippen LogP) is 3.85. The van der Waals surface area contributed by atoms with E-state index in [9.17, 15) is 4.39 Å². The number of nitrogens with one attached hydrogen (secondary N) is 1. The van der Waals surface area contributed by atoms with Crippen molar-refractivity contribution in [3.05, 3.63) is 41.5 Å². The van der Waals surface area contributed by atoms with Gasteiger partial charge in [-0.3, -0.25) is 0 Å². The second-order valence-corrected chi connectivity index (χ2v) is 4.58. The molecule has 2 rings (SSSR count). The lowest BCUT2D eigenvalue weighted by Crippen LogP contribution is -2.04. The molecule has 0 aliphatic heterocycles. The van der Waals surface area contributed by atoms with Crippen molar-refractivity contribution in [1.82, 2.24) is 9.97 Å². The Balaban J connectivity index is 2.21. The first-order valence-corrected chi connectivity index (χ1v) is 6.62. The topological polar surface area (TPSA) is 47.0 Å². The molecule has 0 aliphatic carbocycles. The number of anilines is 1. The SMILES string of the molecule is CCCNc1cc(Oc2ccc(F)cc2C)nc(C)n1. The fraction of sp³-hybridized carbons (Fsp3) is 0.333. The fourth-order valence-electron chi connectivity index (χ4n) is 1.78. The number of nitrogens with zero attached hydrogens (tertiary/aromatic N) is 2. The molecular weight excluding hydrogens is 257 g/mol. The Labute approximate surface area is 118 Å². The van der Waals surface area contributed by atoms with Crippen LogP contribution in [0.3, 0.4) is 0 Å². The largest absolute Gasteiger partial charge is 0.439 e. The maximum atomic E-state index is 13.1. The van der Waals surface area contributed by atoms with Gasteiger partial charge >= 0.3 is 0 Å². The van der Waals surface area contributed by atoms with Crippen LogP contribution in [0.4, 0.5) is 10.2 Å². The highest BCUT2D eigenvalue weighted by atomic mass is 19.1. The molecule has 2 aromatic rings. The van der Waals surface area contributed by atoms with E-state index in [1.807, 2.05) is 6.92 Å². The predicted molar refractivity (Wildman–Crippen MR) is 76.8 cm³/mol. The molecule has 0 spiro atoms. The first-order valence-electron chi connectivity index (χ1n) is 6.62. The summed E-state index contributed by atoms with van der Waals surface area (Å²) in [6, 6.07) is 6.14. The monoisotopic (exact) mass is 275 g/mol. The van der Waals surface area contributed by atoms with Crippen LogP contribution < -0.4 is 10.1 Å². The van der Waals surface area contributed by atoms with Crippen molar-refractivity contribution in [1.29, 1.82) is 0 Å². The van der Waals surface area contributed by atoms with Gasteiger partial charge in [-0.25, -0.2) is 9.37 Å². The molecule has 20 heavy (non-hydrogen) atoms. The first-order chi connectivity index (χ1) is 9.58. The van der Waals surface area contributed by atoms with Crippen LogP contribution in [0.1, 0.15) is 24.7 Å². The van der Waals surface area contributed by atoms with Crippen molar-refractivity contribution in [3.63, 3.8) is 0 Å². The molecule has 1 aromatic carbocycles. The molecule has 0 unspecified atom stereocenters. The Morgan fingerprint density at radius 1 is 1.20 bits per heavy atom. The Hall–Kier alpha value is -2.17. The Morgan fingerprint density at radius 2 is 2.00 bits per heavy atom. The van der Waals surface area contributed by atoms with Gasteiger partial charge < -0.3 is 10.1 Å². The fourth-order valence-corrected chi connectivity index (χ4v) is 1.78. The average molecular weight is 275 g/mol. The van der Waals surface area contributed by atoms with Crippen LogP contribution in [0, 0.1) is 19.7 Å². The van der Waals surface area contributed by atoms with Gasteiger partial charge in [0.2, 0.25) is 5.88 Å². The van der Waals surface area contributed by atoms with Gasteiger partial charge in [0, 0.05) is 12.6 Å². The van der Waals surface area contributed by atoms with E-state index in [4.69, 9.17) is 4.74 Å². The van der Waals surface area contributed by atoms with E-state index in [1.165, 1.54) is 12.1 Å². The minimum Gasteiger partial charge on any atom is -0.439 e. The summed E-state index contributed by atoms with van der Waals surface area (Å²) < 4.78 is 18.8. The van der Waals surface area contributed by atoms with Gasteiger partial charge in [0.05, 0.1) is 0 Å². The highest BCUT2D eigenvalue weighted by Gasteiger charge is 2.06. The van der Waals surface area contributed by atoms with Gasteiger partial charge in [0.1, 0.15) is 23.2 Å². The molecule has 4 nitrogen and oxygen atoms in total. The molecule has 1 aromatic heterocycles. The zero-order valence-electron chi connectivity index (χ0n) is 11.9. The summed E-state index contributed by atoms with van der Waals surface area (Å²) in [6.07, 6.45) is 1.01. The summed E-state index contributed by atoms with van der Waals surface area (Å²) in [5, 5.41) is 3.19. The van der Waals surface area contributed by atoms with Crippen LogP contribution in [0.15, 0.2) is 24.3 Å². The quantitative estimate of drug-likeness (QED) is 0.900. The molecule has 0 radical (unpaired) electrons. The van der Waals surface area contributed by atoms with Crippen LogP contribution in [0.5, 0.6) is 11.6 Å². The van der Waals surface area contributed by atoms with Crippen LogP contribution in [0.25, 0.3) is 0 Å². The molecule has 106 valence electrons. The Kier molecular flexibility index (Phi) is 4.50. The number of benzene rings is 1. The smallest absolute Gasteiger partial charge is 0.224 e. The van der Waals surface area contributed by atoms with E-state index in [1.54, 1.807) is 19.1 Å². The minimum absolute atomic E-state index is 0.279. The van der Waals surface area contributed by atoms with Crippen LogP contribution in [0.2, 0.25) is 0 Å². The van der Waals surface area contributed by atoms with Crippen molar-refractivity contribution >= 4 is 5.82 Å². The number of rotatable bonds is 5. The zero-order chi connectivity index (χ0) is 14.5. The Morgan fingerprint density at radius 3 is 2.70 bits per heavy atom. The molecule has 0 aliphatic rings. The van der Waals surface area contributed by atoms with Crippen LogP contribution >= 0.6 is 0 Å². The Bertz CT molecular complexity index is 602. The maximum absolute atomic E-state index is 13.1. The summed E-state index contributed by atoms with van der Waals surface area (Å²) in [6.45, 7) is 6.52. The molecule has 0 saturated heterocycles. The number of hydrogen-bond acceptors (Lipinski definition) is 4. The second-order valence-electron chi connectivity index (χ2n) is 4.58. The lowest BCUT2D eigenvalue weighted by atomic mass is 10.2. The molecule has 0 amide bonds. The van der Waals surface area contributed by atoms with Gasteiger partial charge in [-0.15, -0.1) is 0 Å². The van der Waals surface area contributed by atoms with E-state index in [2.05, 4.69) is 22.2 Å². The summed E-state index contributed by atoms with van der Waals surface area (Å²) in [4.78, 5) is 8.52. The third kappa shape index (κ3) is 3.66. The van der Waals surface area contributed by atoms with Gasteiger partial charge in [0.25, 0.3) is 0 Å². The van der Waals surface area contributed by atoms with Gasteiger partial charge in [-0.1, -0.05) is 6.92 Å². The molecular formula is C15H18FN3O. The number of halogens is 1. The summed E-state index contributed by atoms with van der Waals surface area (Å²) in [7, 11) is 0. The van der Waals surface area contributed by atoms with E-state index < -0.39 is 0 Å². The average Bonchev–Trinajstić information content (AvgIpc) is 2.39. The third-order valence-corrected chi connectivity index (χ3v) is 2.72. The standard InChI is InChI=1S/C15H18FN3O/c1-4-7-17-14-9-15(19-11(3)18-14)20-13-6-5-12(16)8-10(13)2/h5-6,8-9H,4,7H2,1-3H3,(H,17,18,19). The first kappa shape index (κ1) is 14.2. The van der Waals surface area contributed by atoms with E-state index in [-0.39, 0.29) is 5.82 Å². The highest BCUT2D eigenvalue weighted by Crippen LogP contribution is 2.25. The van der Waals surface area contributed by atoms with Crippen molar-refractivity contribution in [2.45, 2.75) is 27.2 Å². The molecule has 0 atom stereocenters. The molecule has 0 bridgehead atoms. The maximum Gasteiger partial charge on any atom is 0.224 e. The molecule has 1 N–H and O–H groups in total. The molecule has 5 heteroatoms. The minimum atomic E-state index is -0.279. The van der Waals surface area contributed by atoms with Crippen molar-refractivity contribution in [2.24, 2.45) is 0 Å². The van der Waals surface area contributed by atoms with Gasteiger partial charge in [-0.2, -0.15) is 4.98 Å².